The van der Waals surface area contributed by atoms with Gasteiger partial charge < -0.3 is 14.8 Å². The molecule has 2 rings (SSSR count). The van der Waals surface area contributed by atoms with Crippen molar-refractivity contribution in [2.45, 2.75) is 26.8 Å². The molecule has 0 aliphatic carbocycles. The van der Waals surface area contributed by atoms with Crippen LogP contribution in [0.5, 0.6) is 11.5 Å². The number of rotatable bonds is 8. The molecule has 118 valence electrons. The summed E-state index contributed by atoms with van der Waals surface area (Å²) in [6.07, 6.45) is 0.978. The molecular weight excluding hydrogens is 298 g/mol. The van der Waals surface area contributed by atoms with E-state index in [0.717, 1.165) is 40.7 Å². The van der Waals surface area contributed by atoms with Crippen molar-refractivity contribution in [2.75, 3.05) is 18.5 Å². The highest BCUT2D eigenvalue weighted by Crippen LogP contribution is 2.29. The van der Waals surface area contributed by atoms with Crippen LogP contribution < -0.4 is 14.8 Å². The van der Waals surface area contributed by atoms with E-state index in [0.29, 0.717) is 13.2 Å². The SMILES string of the molecule is CCCOc1ccc(CNc2ccc(Cl)cc2)cc1OCC. The van der Waals surface area contributed by atoms with Gasteiger partial charge in [-0.2, -0.15) is 0 Å². The molecule has 0 unspecified atom stereocenters. The smallest absolute Gasteiger partial charge is 0.161 e. The van der Waals surface area contributed by atoms with Gasteiger partial charge in [0.25, 0.3) is 0 Å². The van der Waals surface area contributed by atoms with Crippen molar-refractivity contribution in [2.24, 2.45) is 0 Å². The van der Waals surface area contributed by atoms with Gasteiger partial charge >= 0.3 is 0 Å². The fraction of sp³-hybridized carbons (Fsp3) is 0.333. The third-order valence-corrected chi connectivity index (χ3v) is 3.36. The minimum atomic E-state index is 0.622. The Bertz CT molecular complexity index is 584. The second-order valence-corrected chi connectivity index (χ2v) is 5.36. The summed E-state index contributed by atoms with van der Waals surface area (Å²) >= 11 is 5.89. The molecular formula is C18H22ClNO2. The monoisotopic (exact) mass is 319 g/mol. The maximum Gasteiger partial charge on any atom is 0.161 e. The largest absolute Gasteiger partial charge is 0.490 e. The molecule has 0 fully saturated rings. The number of hydrogen-bond acceptors (Lipinski definition) is 3. The molecule has 0 bridgehead atoms. The normalized spacial score (nSPS) is 10.3. The van der Waals surface area contributed by atoms with Crippen LogP contribution in [0.3, 0.4) is 0 Å². The quantitative estimate of drug-likeness (QED) is 0.730. The van der Waals surface area contributed by atoms with Gasteiger partial charge in [-0.05, 0) is 55.3 Å². The highest BCUT2D eigenvalue weighted by molar-refractivity contribution is 6.30. The van der Waals surface area contributed by atoms with E-state index in [9.17, 15) is 0 Å². The van der Waals surface area contributed by atoms with Crippen molar-refractivity contribution < 1.29 is 9.47 Å². The number of halogens is 1. The van der Waals surface area contributed by atoms with Gasteiger partial charge in [-0.25, -0.2) is 0 Å². The Morgan fingerprint density at radius 2 is 1.73 bits per heavy atom. The Hall–Kier alpha value is -1.87. The topological polar surface area (TPSA) is 30.5 Å². The van der Waals surface area contributed by atoms with Crippen LogP contribution in [0.2, 0.25) is 5.02 Å². The Morgan fingerprint density at radius 1 is 0.955 bits per heavy atom. The molecule has 22 heavy (non-hydrogen) atoms. The van der Waals surface area contributed by atoms with Gasteiger partial charge in [0.2, 0.25) is 0 Å². The average molecular weight is 320 g/mol. The van der Waals surface area contributed by atoms with Crippen molar-refractivity contribution in [1.82, 2.24) is 0 Å². The van der Waals surface area contributed by atoms with Crippen LogP contribution >= 0.6 is 11.6 Å². The maximum atomic E-state index is 5.89. The highest BCUT2D eigenvalue weighted by atomic mass is 35.5. The summed E-state index contributed by atoms with van der Waals surface area (Å²) in [7, 11) is 0. The van der Waals surface area contributed by atoms with Gasteiger partial charge in [-0.1, -0.05) is 24.6 Å². The summed E-state index contributed by atoms with van der Waals surface area (Å²) in [5.74, 6) is 1.60. The minimum absolute atomic E-state index is 0.622. The second kappa shape index (κ2) is 8.54. The third-order valence-electron chi connectivity index (χ3n) is 3.11. The summed E-state index contributed by atoms with van der Waals surface area (Å²) in [4.78, 5) is 0. The Morgan fingerprint density at radius 3 is 2.41 bits per heavy atom. The Balaban J connectivity index is 2.04. The number of ether oxygens (including phenoxy) is 2. The molecule has 0 heterocycles. The third kappa shape index (κ3) is 4.85. The lowest BCUT2D eigenvalue weighted by Gasteiger charge is -2.13. The predicted octanol–water partition coefficient (Wildman–Crippen LogP) is 5.14. The summed E-state index contributed by atoms with van der Waals surface area (Å²) in [6, 6.07) is 13.7. The molecule has 0 spiro atoms. The molecule has 0 aromatic heterocycles. The highest BCUT2D eigenvalue weighted by Gasteiger charge is 2.06. The van der Waals surface area contributed by atoms with E-state index in [1.54, 1.807) is 0 Å². The van der Waals surface area contributed by atoms with Crippen LogP contribution in [-0.2, 0) is 6.54 Å². The lowest BCUT2D eigenvalue weighted by molar-refractivity contribution is 0.276. The van der Waals surface area contributed by atoms with Gasteiger partial charge in [-0.3, -0.25) is 0 Å². The molecule has 0 saturated heterocycles. The molecule has 0 radical (unpaired) electrons. The van der Waals surface area contributed by atoms with Crippen LogP contribution in [0.15, 0.2) is 42.5 Å². The van der Waals surface area contributed by atoms with E-state index < -0.39 is 0 Å². The lowest BCUT2D eigenvalue weighted by Crippen LogP contribution is -2.03. The molecule has 3 nitrogen and oxygen atoms in total. The van der Waals surface area contributed by atoms with Gasteiger partial charge in [0, 0.05) is 17.3 Å². The minimum Gasteiger partial charge on any atom is -0.490 e. The van der Waals surface area contributed by atoms with Gasteiger partial charge in [0.05, 0.1) is 13.2 Å². The van der Waals surface area contributed by atoms with Crippen LogP contribution in [-0.4, -0.2) is 13.2 Å². The average Bonchev–Trinajstić information content (AvgIpc) is 2.54. The van der Waals surface area contributed by atoms with Crippen LogP contribution in [0.1, 0.15) is 25.8 Å². The Kier molecular flexibility index (Phi) is 6.41. The van der Waals surface area contributed by atoms with Crippen molar-refractivity contribution in [3.05, 3.63) is 53.1 Å². The summed E-state index contributed by atoms with van der Waals surface area (Å²) in [5.41, 5.74) is 2.18. The van der Waals surface area contributed by atoms with E-state index in [2.05, 4.69) is 18.3 Å². The summed E-state index contributed by atoms with van der Waals surface area (Å²) in [5, 5.41) is 4.10. The zero-order valence-electron chi connectivity index (χ0n) is 13.1. The van der Waals surface area contributed by atoms with Gasteiger partial charge in [-0.15, -0.1) is 0 Å². The molecule has 1 N–H and O–H groups in total. The van der Waals surface area contributed by atoms with Crippen LogP contribution in [0, 0.1) is 0 Å². The molecule has 2 aromatic rings. The first kappa shape index (κ1) is 16.5. The zero-order chi connectivity index (χ0) is 15.8. The van der Waals surface area contributed by atoms with Gasteiger partial charge in [0.15, 0.2) is 11.5 Å². The summed E-state index contributed by atoms with van der Waals surface area (Å²) < 4.78 is 11.4. The van der Waals surface area contributed by atoms with Gasteiger partial charge in [0.1, 0.15) is 0 Å². The van der Waals surface area contributed by atoms with Crippen LogP contribution in [0.4, 0.5) is 5.69 Å². The number of hydrogen-bond donors (Lipinski definition) is 1. The van der Waals surface area contributed by atoms with Crippen molar-refractivity contribution in [3.8, 4) is 11.5 Å². The van der Waals surface area contributed by atoms with E-state index in [1.165, 1.54) is 0 Å². The molecule has 4 heteroatoms. The Labute approximate surface area is 137 Å². The first-order valence-electron chi connectivity index (χ1n) is 7.61. The first-order chi connectivity index (χ1) is 10.7. The lowest BCUT2D eigenvalue weighted by atomic mass is 10.2. The van der Waals surface area contributed by atoms with E-state index in [4.69, 9.17) is 21.1 Å². The van der Waals surface area contributed by atoms with Crippen molar-refractivity contribution in [1.29, 1.82) is 0 Å². The number of nitrogens with one attached hydrogen (secondary N) is 1. The molecule has 2 aromatic carbocycles. The zero-order valence-corrected chi connectivity index (χ0v) is 13.8. The second-order valence-electron chi connectivity index (χ2n) is 4.92. The molecule has 0 aliphatic heterocycles. The molecule has 0 aliphatic rings. The number of anilines is 1. The van der Waals surface area contributed by atoms with Crippen molar-refractivity contribution >= 4 is 17.3 Å². The first-order valence-corrected chi connectivity index (χ1v) is 7.98. The standard InChI is InChI=1S/C18H22ClNO2/c1-3-11-22-17-10-5-14(12-18(17)21-4-2)13-20-16-8-6-15(19)7-9-16/h5-10,12,20H,3-4,11,13H2,1-2H3. The number of benzene rings is 2. The molecule has 0 amide bonds. The fourth-order valence-corrected chi connectivity index (χ4v) is 2.16. The molecule has 0 atom stereocenters. The van der Waals surface area contributed by atoms with Crippen molar-refractivity contribution in [3.63, 3.8) is 0 Å². The summed E-state index contributed by atoms with van der Waals surface area (Å²) in [6.45, 7) is 6.10. The molecule has 0 saturated carbocycles. The van der Waals surface area contributed by atoms with E-state index >= 15 is 0 Å². The van der Waals surface area contributed by atoms with E-state index in [1.807, 2.05) is 43.3 Å². The maximum absolute atomic E-state index is 5.89. The van der Waals surface area contributed by atoms with E-state index in [-0.39, 0.29) is 0 Å². The fourth-order valence-electron chi connectivity index (χ4n) is 2.03. The predicted molar refractivity (Wildman–Crippen MR) is 92.2 cm³/mol. The van der Waals surface area contributed by atoms with Crippen LogP contribution in [0.25, 0.3) is 0 Å².